The van der Waals surface area contributed by atoms with Gasteiger partial charge in [-0.1, -0.05) is 23.7 Å². The quantitative estimate of drug-likeness (QED) is 0.304. The predicted molar refractivity (Wildman–Crippen MR) is 136 cm³/mol. The number of fused-ring (bicyclic) bond motifs is 1. The van der Waals surface area contributed by atoms with Crippen molar-refractivity contribution in [2.24, 2.45) is 0 Å². The fourth-order valence-corrected chi connectivity index (χ4v) is 5.85. The monoisotopic (exact) mass is 539 g/mol. The number of pyridine rings is 1. The zero-order chi connectivity index (χ0) is 26.2. The molecule has 1 saturated heterocycles. The lowest BCUT2D eigenvalue weighted by Gasteiger charge is -2.34. The number of amides is 1. The van der Waals surface area contributed by atoms with Gasteiger partial charge in [0.25, 0.3) is 11.6 Å². The van der Waals surface area contributed by atoms with E-state index in [1.54, 1.807) is 47.4 Å². The molecule has 37 heavy (non-hydrogen) atoms. The minimum Gasteiger partial charge on any atom is -0.618 e. The second-order valence-electron chi connectivity index (χ2n) is 8.50. The summed E-state index contributed by atoms with van der Waals surface area (Å²) in [6.45, 7) is 0.293. The number of carbonyl (C=O) groups is 1. The van der Waals surface area contributed by atoms with Crippen LogP contribution in [-0.2, 0) is 16.6 Å². The van der Waals surface area contributed by atoms with Gasteiger partial charge in [0.2, 0.25) is 21.5 Å². The van der Waals surface area contributed by atoms with Crippen molar-refractivity contribution in [3.8, 4) is 11.5 Å². The van der Waals surface area contributed by atoms with E-state index in [4.69, 9.17) is 11.6 Å². The Bertz CT molecular complexity index is 1590. The molecule has 12 heteroatoms. The molecule has 0 atom stereocenters. The number of benzene rings is 2. The third kappa shape index (κ3) is 4.86. The lowest BCUT2D eigenvalue weighted by atomic mass is 10.1. The smallest absolute Gasteiger partial charge is 0.261 e. The Morgan fingerprint density at radius 2 is 1.68 bits per heavy atom. The average molecular weight is 540 g/mol. The first-order valence-electron chi connectivity index (χ1n) is 11.4. The number of aromatic nitrogens is 3. The van der Waals surface area contributed by atoms with Crippen LogP contribution >= 0.6 is 11.6 Å². The highest BCUT2D eigenvalue weighted by Crippen LogP contribution is 2.25. The molecule has 190 valence electrons. The van der Waals surface area contributed by atoms with Crippen LogP contribution < -0.4 is 4.73 Å². The van der Waals surface area contributed by atoms with Crippen LogP contribution in [0.1, 0.15) is 16.1 Å². The van der Waals surface area contributed by atoms with Gasteiger partial charge in [0.1, 0.15) is 6.61 Å². The molecule has 0 radical (unpaired) electrons. The number of aliphatic hydroxyl groups excluding tert-OH is 1. The van der Waals surface area contributed by atoms with Gasteiger partial charge in [-0.3, -0.25) is 4.79 Å². The number of hydrogen-bond acceptors (Lipinski definition) is 7. The highest BCUT2D eigenvalue weighted by atomic mass is 35.5. The molecule has 2 aromatic carbocycles. The molecule has 5 rings (SSSR count). The van der Waals surface area contributed by atoms with Gasteiger partial charge in [-0.2, -0.15) is 9.04 Å². The molecule has 1 amide bonds. The Balaban J connectivity index is 1.27. The van der Waals surface area contributed by atoms with E-state index in [9.17, 15) is 23.5 Å². The minimum absolute atomic E-state index is 0.121. The standard InChI is InChI=1S/C25H22ClN5O5S/c26-20-6-4-18-13-22(7-5-17(18)12-20)37(35,36)30-10-8-29(9-11-30)25(33)19-14-27-24(28-15-19)23-3-1-2-21(16-32)31(23)34/h1-7,12-15,32H,8-11,16H2. The molecule has 0 unspecified atom stereocenters. The number of sulfonamides is 1. The van der Waals surface area contributed by atoms with Crippen LogP contribution in [0.3, 0.4) is 0 Å². The zero-order valence-electron chi connectivity index (χ0n) is 19.5. The van der Waals surface area contributed by atoms with Crippen LogP contribution in [0.15, 0.2) is 71.9 Å². The topological polar surface area (TPSA) is 131 Å². The Kier molecular flexibility index (Phi) is 6.78. The lowest BCUT2D eigenvalue weighted by Crippen LogP contribution is -2.50. The van der Waals surface area contributed by atoms with E-state index in [0.717, 1.165) is 10.8 Å². The maximum absolute atomic E-state index is 13.2. The summed E-state index contributed by atoms with van der Waals surface area (Å²) in [4.78, 5) is 23.0. The number of rotatable bonds is 5. The van der Waals surface area contributed by atoms with Gasteiger partial charge in [0.05, 0.1) is 10.5 Å². The van der Waals surface area contributed by atoms with E-state index >= 15 is 0 Å². The van der Waals surface area contributed by atoms with Gasteiger partial charge in [0.15, 0.2) is 0 Å². The Morgan fingerprint density at radius 3 is 2.38 bits per heavy atom. The predicted octanol–water partition coefficient (Wildman–Crippen LogP) is 2.22. The van der Waals surface area contributed by atoms with Gasteiger partial charge < -0.3 is 15.2 Å². The zero-order valence-corrected chi connectivity index (χ0v) is 21.1. The summed E-state index contributed by atoms with van der Waals surface area (Å²) in [6, 6.07) is 14.8. The summed E-state index contributed by atoms with van der Waals surface area (Å²) in [5.41, 5.74) is 0.535. The van der Waals surface area contributed by atoms with Crippen LogP contribution in [0.5, 0.6) is 0 Å². The molecule has 1 fully saturated rings. The first-order chi connectivity index (χ1) is 17.8. The van der Waals surface area contributed by atoms with Crippen LogP contribution in [0.25, 0.3) is 22.3 Å². The molecule has 4 aromatic rings. The normalized spacial score (nSPS) is 14.7. The molecule has 10 nitrogen and oxygen atoms in total. The van der Waals surface area contributed by atoms with Crippen molar-refractivity contribution in [3.63, 3.8) is 0 Å². The molecular formula is C25H22ClN5O5S. The Hall–Kier alpha value is -3.64. The van der Waals surface area contributed by atoms with E-state index in [0.29, 0.717) is 9.75 Å². The fraction of sp³-hybridized carbons (Fsp3) is 0.200. The number of piperazine rings is 1. The van der Waals surface area contributed by atoms with Crippen LogP contribution in [0.2, 0.25) is 5.02 Å². The SMILES string of the molecule is O=C(c1cnc(-c2cccc(CO)[n+]2[O-])nc1)N1CCN(S(=O)(=O)c2ccc3cc(Cl)ccc3c2)CC1. The second-order valence-corrected chi connectivity index (χ2v) is 10.9. The van der Waals surface area contributed by atoms with Crippen molar-refractivity contribution in [2.45, 2.75) is 11.5 Å². The summed E-state index contributed by atoms with van der Waals surface area (Å²) in [7, 11) is -3.74. The summed E-state index contributed by atoms with van der Waals surface area (Å²) in [5, 5.41) is 23.8. The number of carbonyl (C=O) groups excluding carboxylic acids is 1. The highest BCUT2D eigenvalue weighted by molar-refractivity contribution is 7.89. The van der Waals surface area contributed by atoms with Crippen molar-refractivity contribution < 1.29 is 23.0 Å². The molecule has 1 aliphatic rings. The molecule has 1 N–H and O–H groups in total. The summed E-state index contributed by atoms with van der Waals surface area (Å²) < 4.78 is 28.4. The molecule has 0 saturated carbocycles. The summed E-state index contributed by atoms with van der Waals surface area (Å²) in [6.07, 6.45) is 2.67. The third-order valence-corrected chi connectivity index (χ3v) is 8.38. The third-order valence-electron chi connectivity index (χ3n) is 6.25. The lowest BCUT2D eigenvalue weighted by molar-refractivity contribution is -0.605. The molecular weight excluding hydrogens is 518 g/mol. The van der Waals surface area contributed by atoms with Crippen LogP contribution in [0, 0.1) is 5.21 Å². The molecule has 0 bridgehead atoms. The van der Waals surface area contributed by atoms with E-state index in [-0.39, 0.29) is 59.8 Å². The average Bonchev–Trinajstić information content (AvgIpc) is 2.92. The van der Waals surface area contributed by atoms with Gasteiger partial charge in [0, 0.05) is 55.7 Å². The van der Waals surface area contributed by atoms with E-state index in [1.165, 1.54) is 28.8 Å². The van der Waals surface area contributed by atoms with Crippen LogP contribution in [-0.4, -0.2) is 64.8 Å². The first-order valence-corrected chi connectivity index (χ1v) is 13.2. The largest absolute Gasteiger partial charge is 0.618 e. The summed E-state index contributed by atoms with van der Waals surface area (Å²) in [5.74, 6) is -0.208. The maximum Gasteiger partial charge on any atom is 0.261 e. The van der Waals surface area contributed by atoms with E-state index in [1.807, 2.05) is 0 Å². The minimum atomic E-state index is -3.74. The molecule has 3 heterocycles. The Labute approximate surface area is 218 Å². The molecule has 2 aromatic heterocycles. The fourth-order valence-electron chi connectivity index (χ4n) is 4.21. The number of halogens is 1. The van der Waals surface area contributed by atoms with Gasteiger partial charge in [-0.15, -0.1) is 0 Å². The maximum atomic E-state index is 13.2. The van der Waals surface area contributed by atoms with Crippen LogP contribution in [0.4, 0.5) is 0 Å². The van der Waals surface area contributed by atoms with E-state index < -0.39 is 16.6 Å². The van der Waals surface area contributed by atoms with Gasteiger partial charge >= 0.3 is 0 Å². The second kappa shape index (κ2) is 10.0. The molecule has 0 aliphatic carbocycles. The Morgan fingerprint density at radius 1 is 1.00 bits per heavy atom. The number of aliphatic hydroxyl groups is 1. The van der Waals surface area contributed by atoms with Crippen molar-refractivity contribution in [3.05, 3.63) is 88.5 Å². The van der Waals surface area contributed by atoms with Crippen molar-refractivity contribution >= 4 is 38.3 Å². The highest BCUT2D eigenvalue weighted by Gasteiger charge is 2.31. The number of hydrogen-bond donors (Lipinski definition) is 1. The summed E-state index contributed by atoms with van der Waals surface area (Å²) >= 11 is 6.02. The molecule has 0 spiro atoms. The number of nitrogens with zero attached hydrogens (tertiary/aromatic N) is 5. The molecule has 1 aliphatic heterocycles. The van der Waals surface area contributed by atoms with Gasteiger partial charge in [-0.05, 0) is 41.1 Å². The van der Waals surface area contributed by atoms with Crippen molar-refractivity contribution in [1.29, 1.82) is 0 Å². The first kappa shape index (κ1) is 25.0. The van der Waals surface area contributed by atoms with E-state index in [2.05, 4.69) is 9.97 Å². The van der Waals surface area contributed by atoms with Crippen molar-refractivity contribution in [1.82, 2.24) is 19.2 Å². The van der Waals surface area contributed by atoms with Gasteiger partial charge in [-0.25, -0.2) is 18.4 Å². The van der Waals surface area contributed by atoms with Crippen molar-refractivity contribution in [2.75, 3.05) is 26.2 Å².